The van der Waals surface area contributed by atoms with Crippen LogP contribution in [0.1, 0.15) is 12.5 Å². The topological polar surface area (TPSA) is 49.5 Å². The second-order valence-corrected chi connectivity index (χ2v) is 4.09. The van der Waals surface area contributed by atoms with Crippen molar-refractivity contribution >= 4 is 17.3 Å². The summed E-state index contributed by atoms with van der Waals surface area (Å²) in [7, 11) is 1.90. The quantitative estimate of drug-likeness (QED) is 0.824. The monoisotopic (exact) mass is 228 g/mol. The first-order chi connectivity index (χ1) is 7.06. The summed E-state index contributed by atoms with van der Waals surface area (Å²) < 4.78 is 0. The van der Waals surface area contributed by atoms with Crippen LogP contribution in [0.2, 0.25) is 5.02 Å². The molecule has 0 aromatic heterocycles. The molecule has 0 saturated heterocycles. The number of para-hydroxylation sites is 1. The predicted molar refractivity (Wildman–Crippen MR) is 64.3 cm³/mol. The summed E-state index contributed by atoms with van der Waals surface area (Å²) in [6, 6.07) is 5.65. The van der Waals surface area contributed by atoms with Crippen molar-refractivity contribution in [3.05, 3.63) is 28.8 Å². The fourth-order valence-corrected chi connectivity index (χ4v) is 1.98. The Morgan fingerprint density at radius 1 is 1.53 bits per heavy atom. The highest BCUT2D eigenvalue weighted by Gasteiger charge is 2.11. The maximum absolute atomic E-state index is 9.32. The van der Waals surface area contributed by atoms with Crippen LogP contribution in [-0.4, -0.2) is 24.8 Å². The molecule has 1 aromatic carbocycles. The number of hydrogen-bond acceptors (Lipinski definition) is 3. The number of aliphatic hydroxyl groups is 1. The van der Waals surface area contributed by atoms with E-state index in [1.54, 1.807) is 6.92 Å². The summed E-state index contributed by atoms with van der Waals surface area (Å²) in [5, 5.41) is 9.99. The fraction of sp³-hybridized carbons (Fsp3) is 0.455. The molecule has 3 nitrogen and oxygen atoms in total. The van der Waals surface area contributed by atoms with E-state index in [0.717, 1.165) is 11.3 Å². The van der Waals surface area contributed by atoms with Crippen LogP contribution in [0.3, 0.4) is 0 Å². The van der Waals surface area contributed by atoms with Gasteiger partial charge in [0.15, 0.2) is 0 Å². The molecule has 0 saturated carbocycles. The maximum Gasteiger partial charge on any atom is 0.0686 e. The van der Waals surface area contributed by atoms with Crippen LogP contribution in [-0.2, 0) is 6.54 Å². The molecule has 0 bridgehead atoms. The van der Waals surface area contributed by atoms with E-state index < -0.39 is 6.10 Å². The molecule has 0 fully saturated rings. The van der Waals surface area contributed by atoms with Crippen LogP contribution < -0.4 is 10.6 Å². The molecule has 84 valence electrons. The van der Waals surface area contributed by atoms with Crippen LogP contribution >= 0.6 is 11.6 Å². The summed E-state index contributed by atoms with van der Waals surface area (Å²) in [6.07, 6.45) is -0.392. The lowest BCUT2D eigenvalue weighted by molar-refractivity contribution is 0.201. The maximum atomic E-state index is 9.32. The molecular formula is C11H17ClN2O. The second kappa shape index (κ2) is 5.35. The van der Waals surface area contributed by atoms with E-state index in [4.69, 9.17) is 17.3 Å². The minimum Gasteiger partial charge on any atom is -0.392 e. The lowest BCUT2D eigenvalue weighted by Gasteiger charge is -2.24. The van der Waals surface area contributed by atoms with Crippen molar-refractivity contribution in [1.82, 2.24) is 0 Å². The third-order valence-electron chi connectivity index (χ3n) is 2.21. The Hall–Kier alpha value is -0.770. The Morgan fingerprint density at radius 2 is 2.20 bits per heavy atom. The first kappa shape index (κ1) is 12.3. The van der Waals surface area contributed by atoms with Crippen molar-refractivity contribution in [3.63, 3.8) is 0 Å². The molecule has 1 unspecified atom stereocenters. The third-order valence-corrected chi connectivity index (χ3v) is 2.52. The molecule has 0 aliphatic rings. The van der Waals surface area contributed by atoms with E-state index in [2.05, 4.69) is 0 Å². The number of hydrogen-bond donors (Lipinski definition) is 2. The van der Waals surface area contributed by atoms with Crippen LogP contribution in [0, 0.1) is 0 Å². The normalized spacial score (nSPS) is 12.6. The van der Waals surface area contributed by atoms with Gasteiger partial charge in [-0.2, -0.15) is 0 Å². The van der Waals surface area contributed by atoms with E-state index in [1.165, 1.54) is 0 Å². The number of benzene rings is 1. The van der Waals surface area contributed by atoms with Gasteiger partial charge in [0.1, 0.15) is 0 Å². The van der Waals surface area contributed by atoms with Gasteiger partial charge >= 0.3 is 0 Å². The zero-order valence-corrected chi connectivity index (χ0v) is 9.83. The van der Waals surface area contributed by atoms with Gasteiger partial charge in [0.05, 0.1) is 16.8 Å². The van der Waals surface area contributed by atoms with Gasteiger partial charge in [0.25, 0.3) is 0 Å². The number of anilines is 1. The van der Waals surface area contributed by atoms with Gasteiger partial charge in [-0.25, -0.2) is 0 Å². The molecule has 0 heterocycles. The molecule has 1 aromatic rings. The van der Waals surface area contributed by atoms with E-state index in [-0.39, 0.29) is 0 Å². The molecule has 0 radical (unpaired) electrons. The number of nitrogens with two attached hydrogens (primary N) is 1. The molecule has 3 N–H and O–H groups in total. The molecule has 1 atom stereocenters. The fourth-order valence-electron chi connectivity index (χ4n) is 1.64. The first-order valence-corrected chi connectivity index (χ1v) is 5.30. The number of rotatable bonds is 4. The highest BCUT2D eigenvalue weighted by molar-refractivity contribution is 6.33. The van der Waals surface area contributed by atoms with Gasteiger partial charge in [-0.1, -0.05) is 23.7 Å². The summed E-state index contributed by atoms with van der Waals surface area (Å²) >= 11 is 6.11. The predicted octanol–water partition coefficient (Wildman–Crippen LogP) is 1.62. The molecule has 1 rings (SSSR count). The van der Waals surface area contributed by atoms with Gasteiger partial charge in [-0.3, -0.25) is 0 Å². The van der Waals surface area contributed by atoms with Crippen molar-refractivity contribution in [2.75, 3.05) is 18.5 Å². The van der Waals surface area contributed by atoms with Crippen molar-refractivity contribution in [3.8, 4) is 0 Å². The first-order valence-electron chi connectivity index (χ1n) is 4.93. The molecule has 0 aliphatic heterocycles. The number of nitrogens with zero attached hydrogens (tertiary/aromatic N) is 1. The van der Waals surface area contributed by atoms with Gasteiger partial charge in [-0.15, -0.1) is 0 Å². The molecule has 0 spiro atoms. The van der Waals surface area contributed by atoms with Crippen LogP contribution in [0.15, 0.2) is 18.2 Å². The molecule has 4 heteroatoms. The standard InChI is InChI=1S/C11H17ClN2O/c1-8(15)7-14(2)11-9(6-13)4-3-5-10(11)12/h3-5,8,15H,6-7,13H2,1-2H3. The molecular weight excluding hydrogens is 212 g/mol. The van der Waals surface area contributed by atoms with Crippen molar-refractivity contribution < 1.29 is 5.11 Å². The highest BCUT2D eigenvalue weighted by Crippen LogP contribution is 2.28. The zero-order chi connectivity index (χ0) is 11.4. The van der Waals surface area contributed by atoms with E-state index in [0.29, 0.717) is 18.1 Å². The number of halogens is 1. The van der Waals surface area contributed by atoms with Gasteiger partial charge in [0, 0.05) is 20.1 Å². The Balaban J connectivity index is 3.00. The third kappa shape index (κ3) is 3.09. The van der Waals surface area contributed by atoms with E-state index >= 15 is 0 Å². The molecule has 0 aliphatic carbocycles. The van der Waals surface area contributed by atoms with Gasteiger partial charge < -0.3 is 15.7 Å². The largest absolute Gasteiger partial charge is 0.392 e. The Bertz CT molecular complexity index is 328. The van der Waals surface area contributed by atoms with Crippen LogP contribution in [0.25, 0.3) is 0 Å². The lowest BCUT2D eigenvalue weighted by Crippen LogP contribution is -2.28. The Labute approximate surface area is 95.5 Å². The number of likely N-dealkylation sites (N-methyl/N-ethyl adjacent to an activating group) is 1. The second-order valence-electron chi connectivity index (χ2n) is 3.68. The zero-order valence-electron chi connectivity index (χ0n) is 9.07. The van der Waals surface area contributed by atoms with Gasteiger partial charge in [0.2, 0.25) is 0 Å². The van der Waals surface area contributed by atoms with Crippen molar-refractivity contribution in [2.45, 2.75) is 19.6 Å². The van der Waals surface area contributed by atoms with E-state index in [9.17, 15) is 5.11 Å². The van der Waals surface area contributed by atoms with E-state index in [1.807, 2.05) is 30.1 Å². The minimum atomic E-state index is -0.392. The summed E-state index contributed by atoms with van der Waals surface area (Å²) in [5.41, 5.74) is 7.54. The van der Waals surface area contributed by atoms with Gasteiger partial charge in [-0.05, 0) is 18.6 Å². The molecule has 0 amide bonds. The average Bonchev–Trinajstić information content (AvgIpc) is 2.15. The van der Waals surface area contributed by atoms with Crippen LogP contribution in [0.5, 0.6) is 0 Å². The lowest BCUT2D eigenvalue weighted by atomic mass is 10.1. The van der Waals surface area contributed by atoms with Crippen molar-refractivity contribution in [2.24, 2.45) is 5.73 Å². The Kier molecular flexibility index (Phi) is 4.39. The number of aliphatic hydroxyl groups excluding tert-OH is 1. The summed E-state index contributed by atoms with van der Waals surface area (Å²) in [5.74, 6) is 0. The molecule has 15 heavy (non-hydrogen) atoms. The van der Waals surface area contributed by atoms with Crippen molar-refractivity contribution in [1.29, 1.82) is 0 Å². The Morgan fingerprint density at radius 3 is 2.73 bits per heavy atom. The summed E-state index contributed by atoms with van der Waals surface area (Å²) in [6.45, 7) is 2.73. The highest BCUT2D eigenvalue weighted by atomic mass is 35.5. The average molecular weight is 229 g/mol. The minimum absolute atomic E-state index is 0.392. The SMILES string of the molecule is CC(O)CN(C)c1c(Cl)cccc1CN. The van der Waals surface area contributed by atoms with Crippen LogP contribution in [0.4, 0.5) is 5.69 Å². The smallest absolute Gasteiger partial charge is 0.0686 e. The summed E-state index contributed by atoms with van der Waals surface area (Å²) in [4.78, 5) is 1.93.